The van der Waals surface area contributed by atoms with Crippen molar-refractivity contribution in [3.63, 3.8) is 0 Å². The number of fused-ring (bicyclic) bond motifs is 2. The molecule has 53 heavy (non-hydrogen) atoms. The van der Waals surface area contributed by atoms with E-state index in [0.717, 1.165) is 58.0 Å². The number of hydrogen-bond acceptors (Lipinski definition) is 6. The molecule has 278 valence electrons. The Morgan fingerprint density at radius 2 is 1.72 bits per heavy atom. The molecule has 2 aromatic heterocycles. The van der Waals surface area contributed by atoms with Crippen molar-refractivity contribution in [3.8, 4) is 11.1 Å². The number of benzene rings is 3. The fourth-order valence-electron chi connectivity index (χ4n) is 7.47. The summed E-state index contributed by atoms with van der Waals surface area (Å²) in [6.07, 6.45) is 4.24. The first-order valence-electron chi connectivity index (χ1n) is 18.3. The van der Waals surface area contributed by atoms with Gasteiger partial charge in [0.25, 0.3) is 5.56 Å². The van der Waals surface area contributed by atoms with Gasteiger partial charge in [0.05, 0.1) is 16.6 Å². The number of carbonyl (C=O) groups is 3. The molecule has 12 nitrogen and oxygen atoms in total. The number of imidazole rings is 1. The third kappa shape index (κ3) is 7.84. The molecule has 13 heteroatoms. The number of carbonyl (C=O) groups excluding carboxylic acids is 3. The molecule has 2 saturated carbocycles. The van der Waals surface area contributed by atoms with Crippen molar-refractivity contribution >= 4 is 45.5 Å². The number of amides is 3. The molecule has 0 unspecified atom stereocenters. The summed E-state index contributed by atoms with van der Waals surface area (Å²) >= 11 is 0. The molecule has 2 fully saturated rings. The van der Waals surface area contributed by atoms with Crippen molar-refractivity contribution in [1.29, 1.82) is 0 Å². The van der Waals surface area contributed by atoms with Crippen LogP contribution in [0.5, 0.6) is 0 Å². The van der Waals surface area contributed by atoms with E-state index >= 15 is 4.39 Å². The van der Waals surface area contributed by atoms with Crippen LogP contribution in [0.1, 0.15) is 82.2 Å². The normalized spacial score (nSPS) is 18.2. The van der Waals surface area contributed by atoms with Gasteiger partial charge in [-0.25, -0.2) is 14.2 Å². The van der Waals surface area contributed by atoms with Crippen LogP contribution in [0.15, 0.2) is 53.3 Å². The number of rotatable bonds is 10. The molecule has 2 aliphatic carbocycles. The van der Waals surface area contributed by atoms with Gasteiger partial charge in [0.2, 0.25) is 11.8 Å². The van der Waals surface area contributed by atoms with Crippen LogP contribution in [0.25, 0.3) is 33.1 Å². The predicted molar refractivity (Wildman–Crippen MR) is 201 cm³/mol. The minimum Gasteiger partial charge on any atom is -0.444 e. The Balaban J connectivity index is 1.13. The van der Waals surface area contributed by atoms with Crippen molar-refractivity contribution in [3.05, 3.63) is 81.7 Å². The van der Waals surface area contributed by atoms with Gasteiger partial charge in [-0.15, -0.1) is 0 Å². The lowest BCUT2D eigenvalue weighted by molar-refractivity contribution is -0.127. The molecular formula is C40H46FN7O5. The van der Waals surface area contributed by atoms with Gasteiger partial charge in [0.15, 0.2) is 0 Å². The zero-order valence-electron chi connectivity index (χ0n) is 30.5. The van der Waals surface area contributed by atoms with Gasteiger partial charge in [0, 0.05) is 30.5 Å². The van der Waals surface area contributed by atoms with Gasteiger partial charge < -0.3 is 20.8 Å². The Morgan fingerprint density at radius 1 is 1.00 bits per heavy atom. The van der Waals surface area contributed by atoms with Gasteiger partial charge >= 0.3 is 6.09 Å². The second-order valence-corrected chi connectivity index (χ2v) is 15.6. The number of ether oxygens (including phenoxy) is 1. The molecule has 0 spiro atoms. The summed E-state index contributed by atoms with van der Waals surface area (Å²) < 4.78 is 20.8. The van der Waals surface area contributed by atoms with Crippen LogP contribution in [0.4, 0.5) is 14.9 Å². The number of anilines is 1. The van der Waals surface area contributed by atoms with E-state index in [-0.39, 0.29) is 34.8 Å². The molecule has 5 aromatic rings. The Morgan fingerprint density at radius 3 is 2.38 bits per heavy atom. The predicted octanol–water partition coefficient (Wildman–Crippen LogP) is 6.49. The topological polar surface area (TPSA) is 179 Å². The van der Waals surface area contributed by atoms with Gasteiger partial charge in [-0.3, -0.25) is 29.5 Å². The molecule has 0 radical (unpaired) electrons. The first kappa shape index (κ1) is 35.9. The molecule has 1 atom stereocenters. The highest BCUT2D eigenvalue weighted by atomic mass is 19.1. The highest BCUT2D eigenvalue weighted by Crippen LogP contribution is 2.40. The number of aryl methyl sites for hydroxylation is 1. The largest absolute Gasteiger partial charge is 0.444 e. The quantitative estimate of drug-likeness (QED) is 0.110. The van der Waals surface area contributed by atoms with Crippen LogP contribution in [-0.2, 0) is 20.7 Å². The molecule has 6 N–H and O–H groups in total. The summed E-state index contributed by atoms with van der Waals surface area (Å²) in [6.45, 7) is 7.88. The van der Waals surface area contributed by atoms with E-state index < -0.39 is 40.9 Å². The second-order valence-electron chi connectivity index (χ2n) is 15.6. The van der Waals surface area contributed by atoms with E-state index in [1.165, 1.54) is 11.0 Å². The minimum atomic E-state index is -1.15. The van der Waals surface area contributed by atoms with Crippen LogP contribution >= 0.6 is 0 Å². The van der Waals surface area contributed by atoms with Gasteiger partial charge in [-0.1, -0.05) is 24.3 Å². The van der Waals surface area contributed by atoms with Crippen molar-refractivity contribution in [2.24, 2.45) is 17.6 Å². The standard InChI is InChI=1S/C40H46FN7O5/c1-21-15-30-31(45-36(44-30)25-13-14-25)19-28(21)24-9-5-22(6-10-24)16-33(35(42)49)48(27-17-29(41)34-32(18-27)46-47-37(34)50)38(51)26-11-7-23(8-12-26)20-43-39(52)53-40(2,3)4/h5-6,9-10,15,17-19,23,25-26,33H,7-8,11-14,16,20H2,1-4H3,(H2,42,49)(H,43,52)(H,44,45)(H2,46,47,50)/t23-,26-,33-/m0/s1. The number of aromatic amines is 3. The Hall–Kier alpha value is -5.46. The zero-order chi connectivity index (χ0) is 37.6. The molecule has 3 amide bonds. The molecule has 7 rings (SSSR count). The van der Waals surface area contributed by atoms with Crippen LogP contribution in [0.2, 0.25) is 0 Å². The summed E-state index contributed by atoms with van der Waals surface area (Å²) in [7, 11) is 0. The molecule has 0 saturated heterocycles. The van der Waals surface area contributed by atoms with Crippen molar-refractivity contribution < 1.29 is 23.5 Å². The number of nitrogens with zero attached hydrogens (tertiary/aromatic N) is 2. The average Bonchev–Trinajstić information content (AvgIpc) is 3.77. The van der Waals surface area contributed by atoms with Gasteiger partial charge in [-0.2, -0.15) is 0 Å². The smallest absolute Gasteiger partial charge is 0.407 e. The lowest BCUT2D eigenvalue weighted by Crippen LogP contribution is -2.52. The fraction of sp³-hybridized carbons (Fsp3) is 0.425. The second kappa shape index (κ2) is 14.2. The number of alkyl carbamates (subject to hydrolysis) is 1. The lowest BCUT2D eigenvalue weighted by Gasteiger charge is -2.36. The maximum absolute atomic E-state index is 15.4. The maximum atomic E-state index is 15.4. The van der Waals surface area contributed by atoms with E-state index in [4.69, 9.17) is 15.5 Å². The first-order valence-corrected chi connectivity index (χ1v) is 18.3. The molecular weight excluding hydrogens is 677 g/mol. The van der Waals surface area contributed by atoms with Gasteiger partial charge in [-0.05, 0) is 119 Å². The Labute approximate surface area is 306 Å². The van der Waals surface area contributed by atoms with Crippen molar-refractivity contribution in [1.82, 2.24) is 25.5 Å². The molecule has 2 aliphatic rings. The highest BCUT2D eigenvalue weighted by Gasteiger charge is 2.37. The molecule has 0 aliphatic heterocycles. The van der Waals surface area contributed by atoms with E-state index in [2.05, 4.69) is 39.6 Å². The number of hydrogen-bond donors (Lipinski definition) is 5. The number of aromatic nitrogens is 4. The van der Waals surface area contributed by atoms with E-state index in [0.29, 0.717) is 38.1 Å². The molecule has 3 aromatic carbocycles. The summed E-state index contributed by atoms with van der Waals surface area (Å²) in [5.74, 6) is -0.698. The van der Waals surface area contributed by atoms with Gasteiger partial charge in [0.1, 0.15) is 28.7 Å². The van der Waals surface area contributed by atoms with Crippen LogP contribution in [-0.4, -0.2) is 56.3 Å². The number of primary amides is 1. The summed E-state index contributed by atoms with van der Waals surface area (Å²) in [4.78, 5) is 61.8. The summed E-state index contributed by atoms with van der Waals surface area (Å²) in [5.41, 5.74) is 10.9. The van der Waals surface area contributed by atoms with Crippen LogP contribution < -0.4 is 21.5 Å². The number of halogens is 1. The third-order valence-corrected chi connectivity index (χ3v) is 10.4. The van der Waals surface area contributed by atoms with Crippen molar-refractivity contribution in [2.45, 2.75) is 90.2 Å². The highest BCUT2D eigenvalue weighted by molar-refractivity contribution is 6.03. The molecule has 0 bridgehead atoms. The summed E-state index contributed by atoms with van der Waals surface area (Å²) in [6, 6.07) is 13.4. The Kier molecular flexibility index (Phi) is 9.60. The third-order valence-electron chi connectivity index (χ3n) is 10.4. The molecule has 2 heterocycles. The fourth-order valence-corrected chi connectivity index (χ4v) is 7.47. The lowest BCUT2D eigenvalue weighted by atomic mass is 9.81. The monoisotopic (exact) mass is 723 g/mol. The first-order chi connectivity index (χ1) is 25.2. The van der Waals surface area contributed by atoms with Crippen molar-refractivity contribution in [2.75, 3.05) is 11.4 Å². The number of nitrogens with two attached hydrogens (primary N) is 1. The maximum Gasteiger partial charge on any atom is 0.407 e. The average molecular weight is 724 g/mol. The minimum absolute atomic E-state index is 0.0853. The number of nitrogens with one attached hydrogen (secondary N) is 4. The number of H-pyrrole nitrogens is 3. The Bertz CT molecular complexity index is 2240. The SMILES string of the molecule is Cc1cc2[nH]c(C3CC3)nc2cc1-c1ccc(C[C@@H](C(N)=O)N(c2cc(F)c3c(=O)[nH][nH]c3c2)C(=O)[C@H]2CC[C@H](CNC(=O)OC(C)(C)C)CC2)cc1. The van der Waals surface area contributed by atoms with E-state index in [1.54, 1.807) is 20.8 Å². The van der Waals surface area contributed by atoms with Crippen LogP contribution in [0.3, 0.4) is 0 Å². The van der Waals surface area contributed by atoms with Crippen LogP contribution in [0, 0.1) is 24.6 Å². The summed E-state index contributed by atoms with van der Waals surface area (Å²) in [5, 5.41) is 7.71. The zero-order valence-corrected chi connectivity index (χ0v) is 30.5. The van der Waals surface area contributed by atoms with E-state index in [1.807, 2.05) is 24.3 Å². The van der Waals surface area contributed by atoms with E-state index in [9.17, 15) is 19.2 Å².